The van der Waals surface area contributed by atoms with Crippen molar-refractivity contribution in [2.75, 3.05) is 13.6 Å². The lowest BCUT2D eigenvalue weighted by Crippen LogP contribution is -2.18. The lowest BCUT2D eigenvalue weighted by Gasteiger charge is -2.08. The molecule has 0 aromatic carbocycles. The van der Waals surface area contributed by atoms with Crippen LogP contribution in [0.15, 0.2) is 34.0 Å². The molecule has 1 unspecified atom stereocenters. The molecule has 120 valence electrons. The predicted octanol–water partition coefficient (Wildman–Crippen LogP) is 3.84. The second-order valence-electron chi connectivity index (χ2n) is 4.12. The van der Waals surface area contributed by atoms with Crippen molar-refractivity contribution in [1.29, 1.82) is 0 Å². The van der Waals surface area contributed by atoms with Crippen LogP contribution in [0.2, 0.25) is 0 Å². The van der Waals surface area contributed by atoms with Crippen molar-refractivity contribution < 1.29 is 16.2 Å². The third-order valence-corrected chi connectivity index (χ3v) is 2.97. The van der Waals surface area contributed by atoms with E-state index in [1.54, 1.807) is 23.0 Å². The molecule has 0 saturated carbocycles. The Morgan fingerprint density at radius 1 is 1.43 bits per heavy atom. The summed E-state index contributed by atoms with van der Waals surface area (Å²) in [6.45, 7) is 3.45. The molecule has 0 spiro atoms. The summed E-state index contributed by atoms with van der Waals surface area (Å²) in [5.41, 5.74) is 0.0380. The minimum Gasteiger partial charge on any atom is -0.316 e. The number of hydrogen-bond donors (Lipinski definition) is 1. The summed E-state index contributed by atoms with van der Waals surface area (Å²) in [5, 5.41) is 9.55. The molecule has 1 N–H and O–H groups in total. The minimum absolute atomic E-state index is 0.282. The molecule has 4 nitrogen and oxygen atoms in total. The highest BCUT2D eigenvalue weighted by atomic mass is 127. The van der Waals surface area contributed by atoms with Crippen LogP contribution in [0.25, 0.3) is 0 Å². The molecule has 0 aliphatic rings. The lowest BCUT2D eigenvalue weighted by atomic mass is 10.1. The van der Waals surface area contributed by atoms with Crippen LogP contribution < -0.4 is 5.32 Å². The Balaban J connectivity index is 4.68. The zero-order valence-corrected chi connectivity index (χ0v) is 14.3. The molecule has 0 aromatic heterocycles. The van der Waals surface area contributed by atoms with E-state index < -0.39 is 11.9 Å². The standard InChI is InChI=1S/C13H19F3IN3O/c1-4-5-11(9-18-3)8-12(21-17)6-7-19-20-10(2)13(14,15)16/h4-5,7-8,12,18H,6,9H2,1-3H3/b5-4-,11-8+,19-7+,20-10-. The highest BCUT2D eigenvalue weighted by Gasteiger charge is 2.32. The van der Waals surface area contributed by atoms with E-state index in [9.17, 15) is 13.2 Å². The van der Waals surface area contributed by atoms with Crippen LogP contribution in [-0.2, 0) is 3.07 Å². The summed E-state index contributed by atoms with van der Waals surface area (Å²) in [4.78, 5) is 0. The Morgan fingerprint density at radius 2 is 2.10 bits per heavy atom. The average molecular weight is 417 g/mol. The van der Waals surface area contributed by atoms with Gasteiger partial charge in [-0.1, -0.05) is 18.2 Å². The van der Waals surface area contributed by atoms with Crippen LogP contribution in [0.3, 0.4) is 0 Å². The van der Waals surface area contributed by atoms with E-state index in [-0.39, 0.29) is 6.10 Å². The smallest absolute Gasteiger partial charge is 0.316 e. The third kappa shape index (κ3) is 9.75. The van der Waals surface area contributed by atoms with Crippen LogP contribution in [0, 0.1) is 0 Å². The third-order valence-electron chi connectivity index (χ3n) is 2.31. The van der Waals surface area contributed by atoms with Gasteiger partial charge in [-0.3, -0.25) is 0 Å². The molecule has 21 heavy (non-hydrogen) atoms. The summed E-state index contributed by atoms with van der Waals surface area (Å²) in [6.07, 6.45) is 2.64. The van der Waals surface area contributed by atoms with Crippen molar-refractivity contribution in [3.8, 4) is 0 Å². The van der Waals surface area contributed by atoms with Crippen LogP contribution in [0.5, 0.6) is 0 Å². The maximum Gasteiger partial charge on any atom is 0.431 e. The van der Waals surface area contributed by atoms with Gasteiger partial charge in [0, 0.05) is 19.2 Å². The molecule has 0 radical (unpaired) electrons. The number of nitrogens with zero attached hydrogens (tertiary/aromatic N) is 2. The number of likely N-dealkylation sites (N-methyl/N-ethyl adjacent to an activating group) is 1. The average Bonchev–Trinajstić information content (AvgIpc) is 2.41. The SMILES string of the molecule is C/C=C\C(=C/C(C/C=N/N=C(/C)C(F)(F)F)OI)CNC. The molecule has 0 heterocycles. The van der Waals surface area contributed by atoms with E-state index in [1.807, 2.05) is 32.2 Å². The van der Waals surface area contributed by atoms with Gasteiger partial charge >= 0.3 is 6.18 Å². The fourth-order valence-electron chi connectivity index (χ4n) is 1.30. The Morgan fingerprint density at radius 3 is 2.57 bits per heavy atom. The van der Waals surface area contributed by atoms with Crippen molar-refractivity contribution in [2.45, 2.75) is 32.5 Å². The molecule has 0 fully saturated rings. The van der Waals surface area contributed by atoms with E-state index >= 15 is 0 Å². The first-order chi connectivity index (χ1) is 9.85. The van der Waals surface area contributed by atoms with E-state index in [0.717, 1.165) is 12.5 Å². The Hall–Kier alpha value is -0.740. The summed E-state index contributed by atoms with van der Waals surface area (Å²) < 4.78 is 41.8. The summed E-state index contributed by atoms with van der Waals surface area (Å²) >= 11 is 1.75. The van der Waals surface area contributed by atoms with Gasteiger partial charge in [0.1, 0.15) is 28.7 Å². The molecule has 0 aliphatic carbocycles. The largest absolute Gasteiger partial charge is 0.431 e. The number of rotatable bonds is 8. The second kappa shape index (κ2) is 10.9. The Bertz CT molecular complexity index is 417. The van der Waals surface area contributed by atoms with Crippen molar-refractivity contribution >= 4 is 34.9 Å². The summed E-state index contributed by atoms with van der Waals surface area (Å²) in [6, 6.07) is 0. The monoisotopic (exact) mass is 417 g/mol. The van der Waals surface area contributed by atoms with Crippen LogP contribution in [0.1, 0.15) is 20.3 Å². The molecular weight excluding hydrogens is 398 g/mol. The Labute approximate surface area is 136 Å². The quantitative estimate of drug-likeness (QED) is 0.282. The van der Waals surface area contributed by atoms with Gasteiger partial charge in [0.05, 0.1) is 6.10 Å². The maximum atomic E-state index is 12.2. The molecule has 8 heteroatoms. The first-order valence-electron chi connectivity index (χ1n) is 6.23. The number of halogens is 4. The second-order valence-corrected chi connectivity index (χ2v) is 4.62. The van der Waals surface area contributed by atoms with Gasteiger partial charge < -0.3 is 8.38 Å². The Kier molecular flexibility index (Phi) is 10.5. The van der Waals surface area contributed by atoms with E-state index in [1.165, 1.54) is 6.21 Å². The van der Waals surface area contributed by atoms with Gasteiger partial charge in [-0.15, -0.1) is 0 Å². The first kappa shape index (κ1) is 20.3. The van der Waals surface area contributed by atoms with Gasteiger partial charge in [-0.05, 0) is 26.5 Å². The van der Waals surface area contributed by atoms with Gasteiger partial charge in [-0.25, -0.2) is 0 Å². The van der Waals surface area contributed by atoms with Crippen molar-refractivity contribution in [3.05, 3.63) is 23.8 Å². The van der Waals surface area contributed by atoms with E-state index in [4.69, 9.17) is 3.07 Å². The number of nitrogens with one attached hydrogen (secondary N) is 1. The van der Waals surface area contributed by atoms with Crippen molar-refractivity contribution in [3.63, 3.8) is 0 Å². The highest BCUT2D eigenvalue weighted by Crippen LogP contribution is 2.16. The lowest BCUT2D eigenvalue weighted by molar-refractivity contribution is -0.0593. The zero-order chi connectivity index (χ0) is 16.3. The fourth-order valence-corrected chi connectivity index (χ4v) is 1.65. The van der Waals surface area contributed by atoms with Gasteiger partial charge in [0.15, 0.2) is 0 Å². The number of allylic oxidation sites excluding steroid dienone is 1. The van der Waals surface area contributed by atoms with Gasteiger partial charge in [-0.2, -0.15) is 23.4 Å². The molecule has 0 saturated heterocycles. The number of alkyl halides is 3. The molecule has 0 rings (SSSR count). The first-order valence-corrected chi connectivity index (χ1v) is 7.11. The zero-order valence-electron chi connectivity index (χ0n) is 12.1. The summed E-state index contributed by atoms with van der Waals surface area (Å²) in [5.74, 6) is 0. The predicted molar refractivity (Wildman–Crippen MR) is 88.0 cm³/mol. The highest BCUT2D eigenvalue weighted by molar-refractivity contribution is 14.1. The van der Waals surface area contributed by atoms with Gasteiger partial charge in [0.25, 0.3) is 0 Å². The van der Waals surface area contributed by atoms with E-state index in [0.29, 0.717) is 13.0 Å². The topological polar surface area (TPSA) is 46.0 Å². The van der Waals surface area contributed by atoms with Gasteiger partial charge in [0.2, 0.25) is 0 Å². The normalized spacial score (nSPS) is 16.1. The van der Waals surface area contributed by atoms with Crippen LogP contribution in [-0.4, -0.2) is 37.8 Å². The molecular formula is C13H19F3IN3O. The fraction of sp³-hybridized carbons (Fsp3) is 0.538. The molecule has 0 aromatic rings. The van der Waals surface area contributed by atoms with Crippen LogP contribution >= 0.6 is 23.0 Å². The minimum atomic E-state index is -4.44. The molecule has 1 atom stereocenters. The summed E-state index contributed by atoms with van der Waals surface area (Å²) in [7, 11) is 1.83. The van der Waals surface area contributed by atoms with Crippen LogP contribution in [0.4, 0.5) is 13.2 Å². The molecule has 0 bridgehead atoms. The van der Waals surface area contributed by atoms with Crippen molar-refractivity contribution in [1.82, 2.24) is 5.32 Å². The molecule has 0 aliphatic heterocycles. The molecule has 0 amide bonds. The van der Waals surface area contributed by atoms with E-state index in [2.05, 4.69) is 15.5 Å². The maximum absolute atomic E-state index is 12.2. The van der Waals surface area contributed by atoms with Crippen molar-refractivity contribution in [2.24, 2.45) is 10.2 Å². The number of hydrogen-bond acceptors (Lipinski definition) is 4.